The van der Waals surface area contributed by atoms with Crippen LogP contribution in [0, 0.1) is 5.92 Å². The molecule has 0 atom stereocenters. The Morgan fingerprint density at radius 3 is 2.45 bits per heavy atom. The van der Waals surface area contributed by atoms with Gasteiger partial charge in [-0.1, -0.05) is 0 Å². The summed E-state index contributed by atoms with van der Waals surface area (Å²) in [6.45, 7) is 0.662. The van der Waals surface area contributed by atoms with Gasteiger partial charge in [-0.3, -0.25) is 0 Å². The van der Waals surface area contributed by atoms with Gasteiger partial charge in [0.2, 0.25) is 0 Å². The number of hydrogen-bond acceptors (Lipinski definition) is 3. The maximum atomic E-state index is 12.7. The highest BCUT2D eigenvalue weighted by Gasteiger charge is 2.42. The second kappa shape index (κ2) is 5.39. The number of oxazole rings is 1. The third-order valence-electron chi connectivity index (χ3n) is 4.37. The Morgan fingerprint density at radius 1 is 1.15 bits per heavy atom. The van der Waals surface area contributed by atoms with Gasteiger partial charge < -0.3 is 9.73 Å². The van der Waals surface area contributed by atoms with Crippen molar-refractivity contribution in [3.05, 3.63) is 17.8 Å². The minimum Gasteiger partial charge on any atom is -0.448 e. The molecule has 3 rings (SSSR count). The topological polar surface area (TPSA) is 38.1 Å². The summed E-state index contributed by atoms with van der Waals surface area (Å²) in [6.07, 6.45) is 1.23. The van der Waals surface area contributed by atoms with Gasteiger partial charge in [0.25, 0.3) is 0 Å². The fraction of sp³-hybridized carbons (Fsp3) is 0.786. The van der Waals surface area contributed by atoms with Crippen LogP contribution >= 0.6 is 0 Å². The van der Waals surface area contributed by atoms with Crippen LogP contribution in [0.5, 0.6) is 0 Å². The molecule has 2 aliphatic rings. The van der Waals surface area contributed by atoms with Crippen molar-refractivity contribution >= 4 is 0 Å². The van der Waals surface area contributed by atoms with E-state index in [1.165, 1.54) is 19.2 Å². The summed E-state index contributed by atoms with van der Waals surface area (Å²) in [6, 6.07) is 0.584. The molecule has 3 nitrogen and oxygen atoms in total. The Hall–Kier alpha value is -1.04. The van der Waals surface area contributed by atoms with Crippen LogP contribution in [0.1, 0.15) is 55.9 Å². The average Bonchev–Trinajstić information content (AvgIpc) is 3.12. The molecule has 2 saturated carbocycles. The van der Waals surface area contributed by atoms with Crippen molar-refractivity contribution in [2.45, 2.75) is 63.2 Å². The van der Waals surface area contributed by atoms with Gasteiger partial charge in [0.15, 0.2) is 6.39 Å². The highest BCUT2D eigenvalue weighted by molar-refractivity contribution is 5.14. The maximum absolute atomic E-state index is 12.7. The lowest BCUT2D eigenvalue weighted by atomic mass is 9.80. The fourth-order valence-electron chi connectivity index (χ4n) is 2.95. The molecule has 0 radical (unpaired) electrons. The number of nitrogens with zero attached hydrogens (tertiary/aromatic N) is 1. The summed E-state index contributed by atoms with van der Waals surface area (Å²) < 4.78 is 43.4. The van der Waals surface area contributed by atoms with Crippen molar-refractivity contribution in [3.8, 4) is 0 Å². The summed E-state index contributed by atoms with van der Waals surface area (Å²) in [7, 11) is 0. The second-order valence-corrected chi connectivity index (χ2v) is 5.91. The van der Waals surface area contributed by atoms with Crippen molar-refractivity contribution in [2.24, 2.45) is 5.92 Å². The number of rotatable bonds is 4. The Labute approximate surface area is 115 Å². The minimum absolute atomic E-state index is 0.0899. The summed E-state index contributed by atoms with van der Waals surface area (Å²) in [4.78, 5) is 4.21. The van der Waals surface area contributed by atoms with Crippen LogP contribution in [0.15, 0.2) is 10.8 Å². The number of alkyl halides is 3. The Balaban J connectivity index is 1.58. The third kappa shape index (κ3) is 3.16. The van der Waals surface area contributed by atoms with Crippen molar-refractivity contribution in [1.29, 1.82) is 0 Å². The molecule has 0 saturated heterocycles. The molecule has 1 heterocycles. The van der Waals surface area contributed by atoms with Crippen LogP contribution in [-0.2, 0) is 6.54 Å². The predicted octanol–water partition coefficient (Wildman–Crippen LogP) is 3.76. The van der Waals surface area contributed by atoms with Crippen molar-refractivity contribution in [2.75, 3.05) is 0 Å². The number of hydrogen-bond donors (Lipinski definition) is 1. The number of nitrogens with one attached hydrogen (secondary N) is 1. The normalized spacial score (nSPS) is 27.8. The molecule has 20 heavy (non-hydrogen) atoms. The largest absolute Gasteiger partial charge is 0.448 e. The molecular formula is C14H19F3N2O. The minimum atomic E-state index is -4.05. The van der Waals surface area contributed by atoms with Gasteiger partial charge in [-0.05, 0) is 38.5 Å². The monoisotopic (exact) mass is 288 g/mol. The first-order chi connectivity index (χ1) is 9.54. The van der Waals surface area contributed by atoms with E-state index < -0.39 is 12.1 Å². The maximum Gasteiger partial charge on any atom is 0.391 e. The molecule has 0 amide bonds. The summed E-state index contributed by atoms with van der Waals surface area (Å²) in [5.74, 6) is -0.263. The van der Waals surface area contributed by atoms with E-state index in [4.69, 9.17) is 4.42 Å². The highest BCUT2D eigenvalue weighted by atomic mass is 19.4. The Kier molecular flexibility index (Phi) is 3.75. The first kappa shape index (κ1) is 13.9. The number of halogens is 3. The summed E-state index contributed by atoms with van der Waals surface area (Å²) in [5.41, 5.74) is 0.868. The molecule has 0 aliphatic heterocycles. The van der Waals surface area contributed by atoms with E-state index in [2.05, 4.69) is 10.3 Å². The van der Waals surface area contributed by atoms with Gasteiger partial charge in [-0.25, -0.2) is 4.98 Å². The van der Waals surface area contributed by atoms with Gasteiger partial charge in [0.05, 0.1) is 11.6 Å². The smallest absolute Gasteiger partial charge is 0.391 e. The van der Waals surface area contributed by atoms with E-state index >= 15 is 0 Å². The fourth-order valence-corrected chi connectivity index (χ4v) is 2.95. The molecule has 0 bridgehead atoms. The zero-order valence-corrected chi connectivity index (χ0v) is 11.2. The van der Waals surface area contributed by atoms with Gasteiger partial charge >= 0.3 is 6.18 Å². The van der Waals surface area contributed by atoms with E-state index in [1.54, 1.807) is 0 Å². The molecule has 2 aliphatic carbocycles. The molecule has 1 aromatic heterocycles. The predicted molar refractivity (Wildman–Crippen MR) is 67.1 cm³/mol. The van der Waals surface area contributed by atoms with Crippen LogP contribution < -0.4 is 5.32 Å². The van der Waals surface area contributed by atoms with E-state index in [-0.39, 0.29) is 18.8 Å². The second-order valence-electron chi connectivity index (χ2n) is 5.91. The molecule has 0 aromatic carbocycles. The van der Waals surface area contributed by atoms with E-state index in [0.717, 1.165) is 11.5 Å². The Morgan fingerprint density at radius 2 is 1.85 bits per heavy atom. The summed E-state index contributed by atoms with van der Waals surface area (Å²) >= 11 is 0. The molecule has 1 N–H and O–H groups in total. The SMILES string of the molecule is FC(F)(F)C1CCC(c2ocnc2CNC2CC2)CC1. The van der Waals surface area contributed by atoms with Crippen molar-refractivity contribution in [1.82, 2.24) is 10.3 Å². The molecule has 1 aromatic rings. The van der Waals surface area contributed by atoms with Crippen LogP contribution in [0.4, 0.5) is 13.2 Å². The molecule has 112 valence electrons. The van der Waals surface area contributed by atoms with Gasteiger partial charge in [-0.2, -0.15) is 13.2 Å². The average molecular weight is 288 g/mol. The van der Waals surface area contributed by atoms with E-state index in [9.17, 15) is 13.2 Å². The quantitative estimate of drug-likeness (QED) is 0.916. The molecule has 0 unspecified atom stereocenters. The van der Waals surface area contributed by atoms with Crippen molar-refractivity contribution < 1.29 is 17.6 Å². The first-order valence-electron chi connectivity index (χ1n) is 7.26. The molecular weight excluding hydrogens is 269 g/mol. The lowest BCUT2D eigenvalue weighted by Crippen LogP contribution is -2.27. The summed E-state index contributed by atoms with van der Waals surface area (Å²) in [5, 5.41) is 3.37. The van der Waals surface area contributed by atoms with Crippen LogP contribution in [0.3, 0.4) is 0 Å². The van der Waals surface area contributed by atoms with Gasteiger partial charge in [0.1, 0.15) is 5.76 Å². The van der Waals surface area contributed by atoms with E-state index in [1.807, 2.05) is 0 Å². The van der Waals surface area contributed by atoms with Crippen molar-refractivity contribution in [3.63, 3.8) is 0 Å². The standard InChI is InChI=1S/C14H19F3N2O/c15-14(16,17)10-3-1-9(2-4-10)13-12(19-8-20-13)7-18-11-5-6-11/h8-11,18H,1-7H2. The highest BCUT2D eigenvalue weighted by Crippen LogP contribution is 2.43. The lowest BCUT2D eigenvalue weighted by Gasteiger charge is -2.29. The lowest BCUT2D eigenvalue weighted by molar-refractivity contribution is -0.182. The number of aromatic nitrogens is 1. The third-order valence-corrected chi connectivity index (χ3v) is 4.37. The van der Waals surface area contributed by atoms with Gasteiger partial charge in [0, 0.05) is 18.5 Å². The van der Waals surface area contributed by atoms with Crippen LogP contribution in [0.2, 0.25) is 0 Å². The zero-order valence-electron chi connectivity index (χ0n) is 11.2. The van der Waals surface area contributed by atoms with Gasteiger partial charge in [-0.15, -0.1) is 0 Å². The van der Waals surface area contributed by atoms with Crippen LogP contribution in [0.25, 0.3) is 0 Å². The first-order valence-corrected chi connectivity index (χ1v) is 7.26. The van der Waals surface area contributed by atoms with Crippen LogP contribution in [-0.4, -0.2) is 17.2 Å². The Bertz CT molecular complexity index is 446. The molecule has 6 heteroatoms. The zero-order chi connectivity index (χ0) is 14.2. The molecule has 0 spiro atoms. The van der Waals surface area contributed by atoms with E-state index in [0.29, 0.717) is 25.4 Å². The molecule has 2 fully saturated rings.